The van der Waals surface area contributed by atoms with Gasteiger partial charge in [-0.15, -0.1) is 0 Å². The fraction of sp³-hybridized carbons (Fsp3) is 0.688. The summed E-state index contributed by atoms with van der Waals surface area (Å²) in [6, 6.07) is 6.48. The van der Waals surface area contributed by atoms with Gasteiger partial charge in [-0.3, -0.25) is 4.79 Å². The molecule has 1 amide bonds. The summed E-state index contributed by atoms with van der Waals surface area (Å²) in [6.45, 7) is 15.3. The summed E-state index contributed by atoms with van der Waals surface area (Å²) in [5.41, 5.74) is 5.58. The van der Waals surface area contributed by atoms with Crippen molar-refractivity contribution in [2.45, 2.75) is 111 Å². The molecule has 1 atom stereocenters. The summed E-state index contributed by atoms with van der Waals surface area (Å²) in [5, 5.41) is 0. The van der Waals surface area contributed by atoms with Gasteiger partial charge in [0.05, 0.1) is 12.2 Å². The molecule has 2 aliphatic heterocycles. The second-order valence-electron chi connectivity index (χ2n) is 12.5. The van der Waals surface area contributed by atoms with Crippen molar-refractivity contribution in [3.05, 3.63) is 34.9 Å². The molecule has 0 aromatic heterocycles. The Balaban J connectivity index is 1.34. The molecule has 0 radical (unpaired) electrons. The van der Waals surface area contributed by atoms with Gasteiger partial charge in [0, 0.05) is 43.3 Å². The minimum absolute atomic E-state index is 0.0442. The Bertz CT molecular complexity index is 1020. The number of hydrogen-bond donors (Lipinski definition) is 0. The molecule has 0 N–H and O–H groups in total. The highest BCUT2D eigenvalue weighted by Crippen LogP contribution is 2.37. The maximum atomic E-state index is 13.2. The molecule has 6 heteroatoms. The lowest BCUT2D eigenvalue weighted by Gasteiger charge is -2.38. The van der Waals surface area contributed by atoms with E-state index in [1.165, 1.54) is 23.3 Å². The number of allylic oxidation sites excluding steroid dienone is 2. The van der Waals surface area contributed by atoms with Crippen molar-refractivity contribution in [2.75, 3.05) is 31.1 Å². The number of carbonyl (C=O) groups excluding carboxylic acids is 2. The number of nitrogens with zero attached hydrogens (tertiary/aromatic N) is 2. The number of hydrogen-bond acceptors (Lipinski definition) is 5. The van der Waals surface area contributed by atoms with E-state index in [4.69, 9.17) is 9.47 Å². The van der Waals surface area contributed by atoms with Crippen LogP contribution in [0.1, 0.15) is 109 Å². The first-order valence-electron chi connectivity index (χ1n) is 14.8. The van der Waals surface area contributed by atoms with Crippen molar-refractivity contribution in [1.82, 2.24) is 4.90 Å². The first kappa shape index (κ1) is 28.7. The molecule has 210 valence electrons. The van der Waals surface area contributed by atoms with Crippen LogP contribution < -0.4 is 4.90 Å². The molecule has 3 aliphatic rings. The van der Waals surface area contributed by atoms with Gasteiger partial charge < -0.3 is 19.3 Å². The van der Waals surface area contributed by atoms with E-state index < -0.39 is 5.60 Å². The van der Waals surface area contributed by atoms with Crippen LogP contribution in [0.2, 0.25) is 0 Å². The lowest BCUT2D eigenvalue weighted by Crippen LogP contribution is -2.45. The molecule has 38 heavy (non-hydrogen) atoms. The Kier molecular flexibility index (Phi) is 9.23. The van der Waals surface area contributed by atoms with Crippen LogP contribution in [0.4, 0.5) is 10.5 Å². The van der Waals surface area contributed by atoms with Crippen molar-refractivity contribution in [3.8, 4) is 0 Å². The number of ether oxygens (including phenoxy) is 2. The first-order chi connectivity index (χ1) is 18.1. The molecule has 2 saturated heterocycles. The number of likely N-dealkylation sites (tertiary alicyclic amines) is 1. The third kappa shape index (κ3) is 6.99. The predicted molar refractivity (Wildman–Crippen MR) is 154 cm³/mol. The van der Waals surface area contributed by atoms with E-state index in [1.807, 2.05) is 32.6 Å². The van der Waals surface area contributed by atoms with E-state index in [2.05, 4.69) is 36.9 Å². The van der Waals surface area contributed by atoms with Crippen LogP contribution in [0.3, 0.4) is 0 Å². The lowest BCUT2D eigenvalue weighted by molar-refractivity contribution is -0.0535. The second-order valence-corrected chi connectivity index (χ2v) is 12.5. The van der Waals surface area contributed by atoms with Crippen LogP contribution in [0.25, 0.3) is 5.57 Å². The number of piperidine rings is 2. The van der Waals surface area contributed by atoms with E-state index in [0.29, 0.717) is 13.1 Å². The summed E-state index contributed by atoms with van der Waals surface area (Å²) in [7, 11) is 0. The largest absolute Gasteiger partial charge is 0.444 e. The molecule has 4 rings (SSSR count). The summed E-state index contributed by atoms with van der Waals surface area (Å²) in [5.74, 6) is 0.306. The average Bonchev–Trinajstić information content (AvgIpc) is 2.86. The smallest absolute Gasteiger partial charge is 0.410 e. The molecular formula is C32H48N2O4. The van der Waals surface area contributed by atoms with Gasteiger partial charge >= 0.3 is 6.09 Å². The number of amides is 1. The summed E-state index contributed by atoms with van der Waals surface area (Å²) < 4.78 is 12.0. The van der Waals surface area contributed by atoms with E-state index in [9.17, 15) is 9.59 Å². The molecule has 3 fully saturated rings. The highest BCUT2D eigenvalue weighted by molar-refractivity contribution is 6.02. The van der Waals surface area contributed by atoms with Gasteiger partial charge in [-0.05, 0) is 108 Å². The normalized spacial score (nSPS) is 20.2. The van der Waals surface area contributed by atoms with Crippen LogP contribution in [0.5, 0.6) is 0 Å². The van der Waals surface area contributed by atoms with Crippen molar-refractivity contribution in [2.24, 2.45) is 5.92 Å². The number of carbonyl (C=O) groups is 2. The quantitative estimate of drug-likeness (QED) is 0.351. The van der Waals surface area contributed by atoms with E-state index >= 15 is 0 Å². The summed E-state index contributed by atoms with van der Waals surface area (Å²) in [6.07, 6.45) is 8.41. The molecular weight excluding hydrogens is 476 g/mol. The maximum absolute atomic E-state index is 13.2. The maximum Gasteiger partial charge on any atom is 0.410 e. The van der Waals surface area contributed by atoms with Crippen molar-refractivity contribution in [1.29, 1.82) is 0 Å². The van der Waals surface area contributed by atoms with E-state index in [0.717, 1.165) is 69.2 Å². The van der Waals surface area contributed by atoms with Crippen LogP contribution in [0, 0.1) is 5.92 Å². The molecule has 1 aromatic carbocycles. The topological polar surface area (TPSA) is 59.1 Å². The molecule has 0 spiro atoms. The van der Waals surface area contributed by atoms with Gasteiger partial charge in [-0.1, -0.05) is 19.4 Å². The highest BCUT2D eigenvalue weighted by atomic mass is 16.6. The number of benzene rings is 1. The zero-order chi connectivity index (χ0) is 27.4. The average molecular weight is 525 g/mol. The third-order valence-electron chi connectivity index (χ3n) is 8.51. The molecule has 1 saturated carbocycles. The monoisotopic (exact) mass is 524 g/mol. The fourth-order valence-electron chi connectivity index (χ4n) is 5.65. The van der Waals surface area contributed by atoms with Crippen LogP contribution in [-0.4, -0.2) is 60.8 Å². The standard InChI is InChI=1S/C32H48N2O4/c1-7-22(2)30(35)28-12-11-25(21-29(28)23(3)24-9-8-10-24)33-17-13-26(14-18-33)37-27-15-19-34(20-16-27)31(36)38-32(4,5)6/h11-12,21-22,26-27H,7-10,13-20H2,1-6H3. The van der Waals surface area contributed by atoms with Crippen molar-refractivity contribution >= 4 is 23.1 Å². The van der Waals surface area contributed by atoms with Gasteiger partial charge in [0.25, 0.3) is 0 Å². The Labute approximate surface area is 229 Å². The lowest BCUT2D eigenvalue weighted by atomic mass is 9.82. The third-order valence-corrected chi connectivity index (χ3v) is 8.51. The summed E-state index contributed by atoms with van der Waals surface area (Å²) in [4.78, 5) is 29.8. The van der Waals surface area contributed by atoms with Gasteiger partial charge in [0.2, 0.25) is 0 Å². The zero-order valence-electron chi connectivity index (χ0n) is 24.5. The molecule has 1 aliphatic carbocycles. The Hall–Kier alpha value is -2.34. The fourth-order valence-corrected chi connectivity index (χ4v) is 5.65. The molecule has 2 heterocycles. The number of rotatable bonds is 7. The van der Waals surface area contributed by atoms with Gasteiger partial charge in [-0.2, -0.15) is 0 Å². The summed E-state index contributed by atoms with van der Waals surface area (Å²) >= 11 is 0. The highest BCUT2D eigenvalue weighted by Gasteiger charge is 2.30. The Morgan fingerprint density at radius 2 is 1.58 bits per heavy atom. The van der Waals surface area contributed by atoms with Crippen LogP contribution in [0.15, 0.2) is 23.8 Å². The Morgan fingerprint density at radius 1 is 0.974 bits per heavy atom. The van der Waals surface area contributed by atoms with E-state index in [-0.39, 0.29) is 30.0 Å². The number of Topliss-reactive ketones (excluding diaryl/α,β-unsaturated/α-hetero) is 1. The van der Waals surface area contributed by atoms with E-state index in [1.54, 1.807) is 0 Å². The predicted octanol–water partition coefficient (Wildman–Crippen LogP) is 7.26. The molecule has 1 unspecified atom stereocenters. The molecule has 1 aromatic rings. The molecule has 0 bridgehead atoms. The minimum atomic E-state index is -0.463. The van der Waals surface area contributed by atoms with Gasteiger partial charge in [0.15, 0.2) is 5.78 Å². The molecule has 6 nitrogen and oxygen atoms in total. The van der Waals surface area contributed by atoms with Crippen molar-refractivity contribution < 1.29 is 19.1 Å². The Morgan fingerprint density at radius 3 is 2.11 bits per heavy atom. The first-order valence-corrected chi connectivity index (χ1v) is 14.8. The number of ketones is 1. The van der Waals surface area contributed by atoms with Crippen LogP contribution in [-0.2, 0) is 9.47 Å². The van der Waals surface area contributed by atoms with Gasteiger partial charge in [-0.25, -0.2) is 4.79 Å². The van der Waals surface area contributed by atoms with Gasteiger partial charge in [0.1, 0.15) is 5.60 Å². The second kappa shape index (κ2) is 12.2. The van der Waals surface area contributed by atoms with Crippen LogP contribution >= 0.6 is 0 Å². The number of anilines is 1. The zero-order valence-corrected chi connectivity index (χ0v) is 24.5. The van der Waals surface area contributed by atoms with Crippen molar-refractivity contribution in [3.63, 3.8) is 0 Å². The minimum Gasteiger partial charge on any atom is -0.444 e. The SMILES string of the molecule is CCC(C)C(=O)c1ccc(N2CCC(OC3CCN(C(=O)OC(C)(C)C)CC3)CC2)cc1C(C)=C1CCC1.